The van der Waals surface area contributed by atoms with E-state index in [-0.39, 0.29) is 32.7 Å². The van der Waals surface area contributed by atoms with Gasteiger partial charge in [-0.15, -0.1) is 22.6 Å². The molecule has 3 heterocycles. The second-order valence-corrected chi connectivity index (χ2v) is 13.7. The smallest absolute Gasteiger partial charge is 0.319 e. The van der Waals surface area contributed by atoms with Gasteiger partial charge in [-0.25, -0.2) is 18.9 Å². The van der Waals surface area contributed by atoms with E-state index in [0.717, 1.165) is 60.8 Å². The minimum Gasteiger partial charge on any atom is -0.319 e. The monoisotopic (exact) mass is 898 g/mol. The van der Waals surface area contributed by atoms with E-state index in [1.165, 1.54) is 6.07 Å². The minimum absolute atomic E-state index is 0. The zero-order valence-corrected chi connectivity index (χ0v) is 32.3. The van der Waals surface area contributed by atoms with Gasteiger partial charge in [0.25, 0.3) is 0 Å². The maximum atomic E-state index is 12.4. The summed E-state index contributed by atoms with van der Waals surface area (Å²) in [7, 11) is 0. The number of carbonyl (C=O) groups is 1. The van der Waals surface area contributed by atoms with Crippen LogP contribution in [-0.4, -0.2) is 29.9 Å². The van der Waals surface area contributed by atoms with Crippen LogP contribution in [0, 0.1) is 12.1 Å². The Kier molecular flexibility index (Phi) is 9.52. The van der Waals surface area contributed by atoms with Gasteiger partial charge in [0.05, 0.1) is 11.6 Å². The van der Waals surface area contributed by atoms with Crippen LogP contribution in [0.1, 0.15) is 52.5 Å². The molecule has 1 N–H and O–H groups in total. The maximum Gasteiger partial charge on any atom is 0.372 e. The van der Waals surface area contributed by atoms with E-state index in [1.807, 2.05) is 34.9 Å². The van der Waals surface area contributed by atoms with E-state index >= 15 is 0 Å². The predicted molar refractivity (Wildman–Crippen MR) is 212 cm³/mol. The average Bonchev–Trinajstić information content (AvgIpc) is 3.78. The Balaban J connectivity index is 0.00000427. The molecule has 0 unspecified atom stereocenters. The molecule has 0 aliphatic carbocycles. The number of benzene rings is 6. The van der Waals surface area contributed by atoms with Crippen LogP contribution >= 0.6 is 0 Å². The van der Waals surface area contributed by atoms with Crippen molar-refractivity contribution in [1.29, 1.82) is 0 Å². The largest absolute Gasteiger partial charge is 0.372 e. The van der Waals surface area contributed by atoms with E-state index in [1.54, 1.807) is 12.3 Å². The van der Waals surface area contributed by atoms with Crippen molar-refractivity contribution >= 4 is 38.8 Å². The third kappa shape index (κ3) is 5.88. The molecular formula is C47H35N4O3Pt-. The molecule has 9 aromatic rings. The van der Waals surface area contributed by atoms with Crippen molar-refractivity contribution in [3.63, 3.8) is 0 Å². The van der Waals surface area contributed by atoms with Gasteiger partial charge >= 0.3 is 5.97 Å². The Morgan fingerprint density at radius 2 is 1.35 bits per heavy atom. The number of aromatic nitrogens is 4. The molecule has 0 aliphatic rings. The molecule has 3 aromatic heterocycles. The molecule has 272 valence electrons. The molecule has 0 aliphatic heterocycles. The number of pyridine rings is 1. The van der Waals surface area contributed by atoms with Gasteiger partial charge in [0.1, 0.15) is 5.82 Å². The standard InChI is InChI=1S/C47H35N4O3.Pt/c1-32(2)49-31-50(43-23-12-11-22-42(43)49)38-19-13-18-36(29-38)47(34-14-5-3-6-15-34,35-16-7-4-8-17-35)37-24-25-40-39-20-9-10-21-41(39)51(44(40)30-37)45-28-33(26-27-48-45)46(52)54-53;/h3-28,31-32,53H,1-2H3;/q-1;. The molecule has 0 saturated heterocycles. The number of hydrogen-bond donors (Lipinski definition) is 1. The first-order valence-electron chi connectivity index (χ1n) is 17.9. The Bertz CT molecular complexity index is 2790. The van der Waals surface area contributed by atoms with E-state index in [2.05, 4.69) is 156 Å². The molecule has 0 saturated carbocycles. The first kappa shape index (κ1) is 35.9. The van der Waals surface area contributed by atoms with E-state index in [9.17, 15) is 10.1 Å². The minimum atomic E-state index is -0.860. The summed E-state index contributed by atoms with van der Waals surface area (Å²) in [6.45, 7) is 4.39. The number of nitrogens with zero attached hydrogens (tertiary/aromatic N) is 4. The van der Waals surface area contributed by atoms with Crippen LogP contribution in [0.2, 0.25) is 0 Å². The number of fused-ring (bicyclic) bond motifs is 4. The van der Waals surface area contributed by atoms with Gasteiger partial charge < -0.3 is 4.57 Å². The van der Waals surface area contributed by atoms with E-state index < -0.39 is 11.4 Å². The van der Waals surface area contributed by atoms with Gasteiger partial charge in [-0.3, -0.25) is 4.89 Å². The van der Waals surface area contributed by atoms with E-state index in [0.29, 0.717) is 5.82 Å². The van der Waals surface area contributed by atoms with Gasteiger partial charge in [-0.1, -0.05) is 90.4 Å². The predicted octanol–water partition coefficient (Wildman–Crippen LogP) is 10.4. The number of imidazole rings is 1. The summed E-state index contributed by atoms with van der Waals surface area (Å²) >= 11 is 0. The number of carbonyl (C=O) groups excluding carboxylic acids is 1. The molecule has 0 radical (unpaired) electrons. The summed E-state index contributed by atoms with van der Waals surface area (Å²) in [6, 6.07) is 59.6. The quantitative estimate of drug-likeness (QED) is 0.0714. The normalized spacial score (nSPS) is 11.6. The van der Waals surface area contributed by atoms with Crippen LogP contribution in [0.15, 0.2) is 164 Å². The van der Waals surface area contributed by atoms with Gasteiger partial charge in [-0.2, -0.15) is 35.6 Å². The van der Waals surface area contributed by atoms with Crippen molar-refractivity contribution in [3.05, 3.63) is 204 Å². The van der Waals surface area contributed by atoms with Crippen molar-refractivity contribution in [2.75, 3.05) is 0 Å². The molecule has 55 heavy (non-hydrogen) atoms. The first-order valence-corrected chi connectivity index (χ1v) is 17.9. The molecular weight excluding hydrogens is 864 g/mol. The Hall–Kier alpha value is -6.14. The van der Waals surface area contributed by atoms with Crippen LogP contribution in [0.5, 0.6) is 0 Å². The van der Waals surface area contributed by atoms with Crippen molar-refractivity contribution < 1.29 is 36.0 Å². The summed E-state index contributed by atoms with van der Waals surface area (Å²) in [5, 5.41) is 11.2. The van der Waals surface area contributed by atoms with Crippen LogP contribution in [0.4, 0.5) is 0 Å². The third-order valence-electron chi connectivity index (χ3n) is 10.4. The topological polar surface area (TPSA) is 74.2 Å². The summed E-state index contributed by atoms with van der Waals surface area (Å²) in [5.74, 6) is -0.366. The van der Waals surface area contributed by atoms with Crippen LogP contribution in [0.25, 0.3) is 44.3 Å². The van der Waals surface area contributed by atoms with Crippen molar-refractivity contribution in [3.8, 4) is 11.5 Å². The summed E-state index contributed by atoms with van der Waals surface area (Å²) < 4.78 is 6.53. The molecule has 0 spiro atoms. The van der Waals surface area contributed by atoms with Gasteiger partial charge in [0.2, 0.25) is 0 Å². The number of para-hydroxylation sites is 3. The van der Waals surface area contributed by atoms with Crippen molar-refractivity contribution in [2.45, 2.75) is 25.3 Å². The Morgan fingerprint density at radius 1 is 0.709 bits per heavy atom. The van der Waals surface area contributed by atoms with Crippen LogP contribution < -0.4 is 0 Å². The molecule has 0 atom stereocenters. The molecule has 0 amide bonds. The van der Waals surface area contributed by atoms with Gasteiger partial charge in [0.15, 0.2) is 17.4 Å². The number of rotatable bonds is 8. The maximum absolute atomic E-state index is 12.4. The molecule has 8 heteroatoms. The van der Waals surface area contributed by atoms with Crippen molar-refractivity contribution in [1.82, 2.24) is 18.7 Å². The molecule has 0 bridgehead atoms. The zero-order chi connectivity index (χ0) is 36.8. The van der Waals surface area contributed by atoms with E-state index in [4.69, 9.17) is 4.98 Å². The molecule has 9 rings (SSSR count). The summed E-state index contributed by atoms with van der Waals surface area (Å²) in [6.07, 6.45) is 3.71. The molecule has 7 nitrogen and oxygen atoms in total. The SMILES string of the molecule is CC(C)n1[cH+]n(-c2[c-]c(C(c3[c-]c4c(cc3)c3ccccc3n4-c3cc(C(=O)OO)ccn3)(c3ccccc3)c3ccccc3)ccc2)c2ccccc21.[Pt]. The summed E-state index contributed by atoms with van der Waals surface area (Å²) in [5.41, 5.74) is 8.16. The van der Waals surface area contributed by atoms with Crippen LogP contribution in [-0.2, 0) is 31.4 Å². The van der Waals surface area contributed by atoms with Crippen molar-refractivity contribution in [2.24, 2.45) is 0 Å². The molecule has 6 aromatic carbocycles. The Morgan fingerprint density at radius 3 is 2.04 bits per heavy atom. The zero-order valence-electron chi connectivity index (χ0n) is 30.0. The second kappa shape index (κ2) is 14.6. The van der Waals surface area contributed by atoms with Gasteiger partial charge in [0, 0.05) is 56.0 Å². The second-order valence-electron chi connectivity index (χ2n) is 13.7. The fraction of sp³-hybridized carbons (Fsp3) is 0.0851. The van der Waals surface area contributed by atoms with Crippen LogP contribution in [0.3, 0.4) is 0 Å². The first-order chi connectivity index (χ1) is 26.5. The average molecular weight is 899 g/mol. The summed E-state index contributed by atoms with van der Waals surface area (Å²) in [4.78, 5) is 21.2. The number of hydrogen-bond acceptors (Lipinski definition) is 4. The third-order valence-corrected chi connectivity index (χ3v) is 10.4. The fourth-order valence-corrected chi connectivity index (χ4v) is 7.93. The van der Waals surface area contributed by atoms with Gasteiger partial charge in [-0.05, 0) is 60.7 Å². The molecule has 0 fully saturated rings. The Labute approximate surface area is 332 Å². The fourth-order valence-electron chi connectivity index (χ4n) is 7.93.